The molecular weight excluding hydrogens is 352 g/mol. The number of hydrogen-bond donors (Lipinski definition) is 2. The Labute approximate surface area is 154 Å². The molecule has 140 valence electrons. The zero-order valence-corrected chi connectivity index (χ0v) is 15.6. The van der Waals surface area contributed by atoms with E-state index in [1.54, 1.807) is 37.4 Å². The van der Waals surface area contributed by atoms with Gasteiger partial charge < -0.3 is 10.1 Å². The Balaban J connectivity index is 1.55. The van der Waals surface area contributed by atoms with Crippen LogP contribution in [-0.4, -0.2) is 57.7 Å². The van der Waals surface area contributed by atoms with Crippen LogP contribution < -0.4 is 10.0 Å². The summed E-state index contributed by atoms with van der Waals surface area (Å²) in [5.41, 5.74) is 1.55. The summed E-state index contributed by atoms with van der Waals surface area (Å²) in [7, 11) is -3.64. The van der Waals surface area contributed by atoms with Gasteiger partial charge in [-0.1, -0.05) is 18.2 Å². The average molecular weight is 376 g/mol. The molecule has 2 heterocycles. The molecule has 8 heteroatoms. The topological polar surface area (TPSA) is 83.6 Å². The van der Waals surface area contributed by atoms with Crippen molar-refractivity contribution >= 4 is 21.5 Å². The third-order valence-corrected chi connectivity index (χ3v) is 5.76. The van der Waals surface area contributed by atoms with Crippen molar-refractivity contribution in [1.29, 1.82) is 0 Å². The zero-order valence-electron chi connectivity index (χ0n) is 14.8. The van der Waals surface area contributed by atoms with Gasteiger partial charge in [-0.25, -0.2) is 13.4 Å². The van der Waals surface area contributed by atoms with Crippen LogP contribution >= 0.6 is 0 Å². The number of aryl methyl sites for hydroxylation is 1. The van der Waals surface area contributed by atoms with Crippen molar-refractivity contribution in [3.63, 3.8) is 0 Å². The van der Waals surface area contributed by atoms with Crippen LogP contribution in [0.4, 0.5) is 11.5 Å². The number of pyridine rings is 1. The van der Waals surface area contributed by atoms with E-state index in [1.807, 2.05) is 12.1 Å². The molecule has 2 N–H and O–H groups in total. The lowest BCUT2D eigenvalue weighted by Gasteiger charge is -2.26. The molecule has 0 unspecified atom stereocenters. The number of benzene rings is 1. The van der Waals surface area contributed by atoms with Gasteiger partial charge in [-0.05, 0) is 30.7 Å². The van der Waals surface area contributed by atoms with Gasteiger partial charge >= 0.3 is 0 Å². The second-order valence-electron chi connectivity index (χ2n) is 6.18. The van der Waals surface area contributed by atoms with Crippen LogP contribution in [0.25, 0.3) is 0 Å². The molecule has 0 radical (unpaired) electrons. The number of hydrogen-bond acceptors (Lipinski definition) is 6. The summed E-state index contributed by atoms with van der Waals surface area (Å²) in [6.45, 7) is 7.00. The number of anilines is 2. The van der Waals surface area contributed by atoms with E-state index in [1.165, 1.54) is 0 Å². The van der Waals surface area contributed by atoms with Gasteiger partial charge in [0, 0.05) is 26.2 Å². The van der Waals surface area contributed by atoms with Crippen LogP contribution in [0.15, 0.2) is 47.5 Å². The van der Waals surface area contributed by atoms with E-state index in [2.05, 4.69) is 19.9 Å². The minimum Gasteiger partial charge on any atom is -0.383 e. The maximum atomic E-state index is 12.5. The number of nitrogens with one attached hydrogen (secondary N) is 2. The highest BCUT2D eigenvalue weighted by Crippen LogP contribution is 2.18. The Morgan fingerprint density at radius 2 is 1.92 bits per heavy atom. The Kier molecular flexibility index (Phi) is 6.08. The van der Waals surface area contributed by atoms with E-state index in [0.29, 0.717) is 11.4 Å². The Bertz CT molecular complexity index is 819. The van der Waals surface area contributed by atoms with Gasteiger partial charge in [0.15, 0.2) is 0 Å². The first-order valence-electron chi connectivity index (χ1n) is 8.63. The van der Waals surface area contributed by atoms with Gasteiger partial charge in [0.1, 0.15) is 5.82 Å². The van der Waals surface area contributed by atoms with Crippen molar-refractivity contribution in [2.45, 2.75) is 11.8 Å². The molecule has 0 spiro atoms. The molecule has 1 fully saturated rings. The SMILES string of the molecule is Cc1ccccc1S(=O)(=O)Nc1ccc(NCCN2CCOCC2)cn1. The van der Waals surface area contributed by atoms with Crippen molar-refractivity contribution in [3.05, 3.63) is 48.2 Å². The maximum Gasteiger partial charge on any atom is 0.263 e. The van der Waals surface area contributed by atoms with Crippen molar-refractivity contribution in [3.8, 4) is 0 Å². The smallest absolute Gasteiger partial charge is 0.263 e. The number of morpholine rings is 1. The van der Waals surface area contributed by atoms with Gasteiger partial charge in [-0.2, -0.15) is 0 Å². The highest BCUT2D eigenvalue weighted by Gasteiger charge is 2.16. The standard InChI is InChI=1S/C18H24N4O3S/c1-15-4-2-3-5-17(15)26(23,24)21-18-7-6-16(14-20-18)19-8-9-22-10-12-25-13-11-22/h2-7,14,19H,8-13H2,1H3,(H,20,21). The highest BCUT2D eigenvalue weighted by molar-refractivity contribution is 7.92. The van der Waals surface area contributed by atoms with Crippen LogP contribution in [0.3, 0.4) is 0 Å². The maximum absolute atomic E-state index is 12.5. The predicted molar refractivity (Wildman–Crippen MR) is 102 cm³/mol. The Hall–Kier alpha value is -2.16. The van der Waals surface area contributed by atoms with E-state index in [-0.39, 0.29) is 4.90 Å². The zero-order chi connectivity index (χ0) is 18.4. The van der Waals surface area contributed by atoms with E-state index in [9.17, 15) is 8.42 Å². The van der Waals surface area contributed by atoms with Crippen molar-refractivity contribution in [1.82, 2.24) is 9.88 Å². The van der Waals surface area contributed by atoms with Crippen LogP contribution in [-0.2, 0) is 14.8 Å². The summed E-state index contributed by atoms with van der Waals surface area (Å²) >= 11 is 0. The normalized spacial score (nSPS) is 15.6. The highest BCUT2D eigenvalue weighted by atomic mass is 32.2. The first kappa shape index (κ1) is 18.6. The van der Waals surface area contributed by atoms with E-state index < -0.39 is 10.0 Å². The van der Waals surface area contributed by atoms with Gasteiger partial charge in [-0.3, -0.25) is 9.62 Å². The monoisotopic (exact) mass is 376 g/mol. The molecule has 0 aliphatic carbocycles. The van der Waals surface area contributed by atoms with Crippen molar-refractivity contribution in [2.24, 2.45) is 0 Å². The molecule has 1 aromatic carbocycles. The Morgan fingerprint density at radius 1 is 1.15 bits per heavy atom. The number of rotatable bonds is 7. The van der Waals surface area contributed by atoms with Crippen LogP contribution in [0, 0.1) is 6.92 Å². The quantitative estimate of drug-likeness (QED) is 0.768. The summed E-state index contributed by atoms with van der Waals surface area (Å²) in [5.74, 6) is 0.298. The molecule has 0 bridgehead atoms. The molecule has 26 heavy (non-hydrogen) atoms. The van der Waals surface area contributed by atoms with Gasteiger partial charge in [0.25, 0.3) is 10.0 Å². The minimum absolute atomic E-state index is 0.259. The fourth-order valence-electron chi connectivity index (χ4n) is 2.79. The first-order chi connectivity index (χ1) is 12.5. The lowest BCUT2D eigenvalue weighted by atomic mass is 10.2. The molecule has 0 atom stereocenters. The molecule has 1 aliphatic rings. The minimum atomic E-state index is -3.64. The number of nitrogens with zero attached hydrogens (tertiary/aromatic N) is 2. The molecule has 2 aromatic rings. The van der Waals surface area contributed by atoms with Crippen molar-refractivity contribution in [2.75, 3.05) is 49.4 Å². The fourth-order valence-corrected chi connectivity index (χ4v) is 4.05. The molecule has 1 saturated heterocycles. The average Bonchev–Trinajstić information content (AvgIpc) is 2.64. The van der Waals surface area contributed by atoms with Crippen LogP contribution in [0.5, 0.6) is 0 Å². The summed E-state index contributed by atoms with van der Waals surface area (Å²) < 4.78 is 32.8. The first-order valence-corrected chi connectivity index (χ1v) is 10.1. The Morgan fingerprint density at radius 3 is 2.62 bits per heavy atom. The number of ether oxygens (including phenoxy) is 1. The second kappa shape index (κ2) is 8.48. The third-order valence-electron chi connectivity index (χ3n) is 4.25. The predicted octanol–water partition coefficient (Wildman–Crippen LogP) is 1.93. The van der Waals surface area contributed by atoms with Gasteiger partial charge in [-0.15, -0.1) is 0 Å². The van der Waals surface area contributed by atoms with E-state index in [4.69, 9.17) is 4.74 Å². The molecule has 7 nitrogen and oxygen atoms in total. The summed E-state index contributed by atoms with van der Waals surface area (Å²) in [4.78, 5) is 6.80. The molecule has 0 amide bonds. The molecule has 0 saturated carbocycles. The largest absolute Gasteiger partial charge is 0.383 e. The summed E-state index contributed by atoms with van der Waals surface area (Å²) in [5, 5.41) is 3.30. The molecule has 1 aromatic heterocycles. The molecular formula is C18H24N4O3S. The lowest BCUT2D eigenvalue weighted by Crippen LogP contribution is -2.39. The van der Waals surface area contributed by atoms with Gasteiger partial charge in [0.2, 0.25) is 0 Å². The molecule has 3 rings (SSSR count). The fraction of sp³-hybridized carbons (Fsp3) is 0.389. The third kappa shape index (κ3) is 4.94. The van der Waals surface area contributed by atoms with Crippen molar-refractivity contribution < 1.29 is 13.2 Å². The number of aromatic nitrogens is 1. The van der Waals surface area contributed by atoms with E-state index in [0.717, 1.165) is 45.1 Å². The summed E-state index contributed by atoms with van der Waals surface area (Å²) in [6.07, 6.45) is 1.63. The number of sulfonamides is 1. The van der Waals surface area contributed by atoms with E-state index >= 15 is 0 Å². The second-order valence-corrected chi connectivity index (χ2v) is 7.83. The molecule has 1 aliphatic heterocycles. The van der Waals surface area contributed by atoms with Gasteiger partial charge in [0.05, 0.1) is 30.0 Å². The summed E-state index contributed by atoms with van der Waals surface area (Å²) in [6, 6.07) is 10.3. The lowest BCUT2D eigenvalue weighted by molar-refractivity contribution is 0.0398. The van der Waals surface area contributed by atoms with Crippen LogP contribution in [0.2, 0.25) is 0 Å². The van der Waals surface area contributed by atoms with Crippen LogP contribution in [0.1, 0.15) is 5.56 Å².